The minimum absolute atomic E-state index is 0.0212. The summed E-state index contributed by atoms with van der Waals surface area (Å²) in [5.74, 6) is -1.26. The molecule has 0 aliphatic carbocycles. The smallest absolute Gasteiger partial charge is 0.407 e. The van der Waals surface area contributed by atoms with E-state index < -0.39 is 41.6 Å². The lowest BCUT2D eigenvalue weighted by Gasteiger charge is -2.43. The third kappa shape index (κ3) is 2.72. The van der Waals surface area contributed by atoms with Crippen LogP contribution < -0.4 is 5.32 Å². The number of carboxylic acids is 1. The molecular formula is C12H19NO7. The number of hydrogen-bond donors (Lipinski definition) is 3. The molecule has 2 rings (SSSR count). The molecular weight excluding hydrogens is 270 g/mol. The van der Waals surface area contributed by atoms with Gasteiger partial charge in [0, 0.05) is 0 Å². The molecule has 0 aromatic carbocycles. The van der Waals surface area contributed by atoms with Crippen molar-refractivity contribution in [3.8, 4) is 0 Å². The number of carbonyl (C=O) groups excluding carboxylic acids is 1. The molecule has 0 aromatic heterocycles. The second kappa shape index (κ2) is 4.87. The van der Waals surface area contributed by atoms with E-state index in [0.29, 0.717) is 0 Å². The molecule has 8 heteroatoms. The normalized spacial score (nSPS) is 35.9. The largest absolute Gasteiger partial charge is 0.479 e. The van der Waals surface area contributed by atoms with Gasteiger partial charge in [0.05, 0.1) is 13.2 Å². The molecule has 4 atom stereocenters. The van der Waals surface area contributed by atoms with Gasteiger partial charge in [-0.25, -0.2) is 9.59 Å². The predicted molar refractivity (Wildman–Crippen MR) is 65.2 cm³/mol. The van der Waals surface area contributed by atoms with Gasteiger partial charge in [0.2, 0.25) is 0 Å². The van der Waals surface area contributed by atoms with E-state index in [9.17, 15) is 14.7 Å². The van der Waals surface area contributed by atoms with Crippen LogP contribution in [0.15, 0.2) is 0 Å². The van der Waals surface area contributed by atoms with Gasteiger partial charge in [-0.1, -0.05) is 0 Å². The molecule has 0 aromatic rings. The lowest BCUT2D eigenvalue weighted by Crippen LogP contribution is -2.64. The lowest BCUT2D eigenvalue weighted by molar-refractivity contribution is -0.225. The Morgan fingerprint density at radius 1 is 1.45 bits per heavy atom. The van der Waals surface area contributed by atoms with Crippen molar-refractivity contribution in [2.45, 2.75) is 50.3 Å². The van der Waals surface area contributed by atoms with Gasteiger partial charge >= 0.3 is 12.1 Å². The highest BCUT2D eigenvalue weighted by Crippen LogP contribution is 2.41. The molecule has 20 heavy (non-hydrogen) atoms. The van der Waals surface area contributed by atoms with Crippen molar-refractivity contribution in [1.29, 1.82) is 0 Å². The zero-order chi connectivity index (χ0) is 15.1. The van der Waals surface area contributed by atoms with Crippen LogP contribution in [0.4, 0.5) is 4.79 Å². The number of ether oxygens (including phenoxy) is 3. The Hall–Kier alpha value is -1.38. The molecule has 0 radical (unpaired) electrons. The Labute approximate surface area is 116 Å². The first-order chi connectivity index (χ1) is 9.15. The number of aliphatic hydroxyl groups is 1. The summed E-state index contributed by atoms with van der Waals surface area (Å²) in [7, 11) is 0. The van der Waals surface area contributed by atoms with Gasteiger partial charge in [-0.2, -0.15) is 0 Å². The van der Waals surface area contributed by atoms with Crippen molar-refractivity contribution in [3.63, 3.8) is 0 Å². The number of carboxylic acid groups (broad SMARTS) is 1. The SMILES string of the molecule is CC(C)(C)OC(=O)NC[C@]12CO[C@H]1[C@@H](O)[C@H](C(=O)O)O2. The van der Waals surface area contributed by atoms with Crippen LogP contribution in [-0.4, -0.2) is 64.9 Å². The zero-order valence-corrected chi connectivity index (χ0v) is 11.6. The minimum atomic E-state index is -1.34. The third-order valence-electron chi connectivity index (χ3n) is 3.18. The Kier molecular flexibility index (Phi) is 3.66. The maximum Gasteiger partial charge on any atom is 0.407 e. The van der Waals surface area contributed by atoms with Crippen LogP contribution in [-0.2, 0) is 19.0 Å². The van der Waals surface area contributed by atoms with Crippen molar-refractivity contribution in [3.05, 3.63) is 0 Å². The average molecular weight is 289 g/mol. The van der Waals surface area contributed by atoms with E-state index in [-0.39, 0.29) is 13.2 Å². The Morgan fingerprint density at radius 2 is 2.10 bits per heavy atom. The topological polar surface area (TPSA) is 114 Å². The van der Waals surface area contributed by atoms with Gasteiger partial charge in [-0.3, -0.25) is 0 Å². The molecule has 2 fully saturated rings. The summed E-state index contributed by atoms with van der Waals surface area (Å²) >= 11 is 0. The third-order valence-corrected chi connectivity index (χ3v) is 3.18. The molecule has 2 aliphatic heterocycles. The Balaban J connectivity index is 1.93. The number of carbonyl (C=O) groups is 2. The number of alkyl carbamates (subject to hydrolysis) is 1. The molecule has 8 nitrogen and oxygen atoms in total. The van der Waals surface area contributed by atoms with Crippen LogP contribution in [0.2, 0.25) is 0 Å². The molecule has 1 amide bonds. The first-order valence-corrected chi connectivity index (χ1v) is 6.32. The van der Waals surface area contributed by atoms with Gasteiger partial charge in [0.25, 0.3) is 0 Å². The van der Waals surface area contributed by atoms with E-state index in [1.807, 2.05) is 0 Å². The number of hydrogen-bond acceptors (Lipinski definition) is 6. The number of aliphatic carboxylic acids is 1. The summed E-state index contributed by atoms with van der Waals surface area (Å²) in [5, 5.41) is 21.2. The molecule has 0 spiro atoms. The predicted octanol–water partition coefficient (Wildman–Crippen LogP) is -0.507. The number of aliphatic hydroxyl groups excluding tert-OH is 1. The van der Waals surface area contributed by atoms with E-state index in [1.54, 1.807) is 20.8 Å². The maximum absolute atomic E-state index is 11.6. The summed E-state index contributed by atoms with van der Waals surface area (Å²) < 4.78 is 15.6. The molecule has 2 heterocycles. The first kappa shape index (κ1) is 15.0. The summed E-state index contributed by atoms with van der Waals surface area (Å²) in [4.78, 5) is 22.5. The van der Waals surface area contributed by atoms with Gasteiger partial charge in [-0.05, 0) is 20.8 Å². The van der Waals surface area contributed by atoms with E-state index in [4.69, 9.17) is 19.3 Å². The molecule has 0 bridgehead atoms. The summed E-state index contributed by atoms with van der Waals surface area (Å²) in [6.07, 6.45) is -3.97. The monoisotopic (exact) mass is 289 g/mol. The summed E-state index contributed by atoms with van der Waals surface area (Å²) in [6.45, 7) is 5.34. The van der Waals surface area contributed by atoms with Crippen LogP contribution in [0.3, 0.4) is 0 Å². The van der Waals surface area contributed by atoms with Crippen molar-refractivity contribution in [1.82, 2.24) is 5.32 Å². The molecule has 114 valence electrons. The van der Waals surface area contributed by atoms with Gasteiger partial charge in [0.15, 0.2) is 6.10 Å². The van der Waals surface area contributed by atoms with E-state index >= 15 is 0 Å². The van der Waals surface area contributed by atoms with Crippen molar-refractivity contribution in [2.75, 3.05) is 13.2 Å². The lowest BCUT2D eigenvalue weighted by atomic mass is 9.90. The highest BCUT2D eigenvalue weighted by Gasteiger charge is 2.64. The van der Waals surface area contributed by atoms with Crippen molar-refractivity contribution < 1.29 is 34.0 Å². The van der Waals surface area contributed by atoms with Crippen molar-refractivity contribution in [2.24, 2.45) is 0 Å². The van der Waals surface area contributed by atoms with E-state index in [2.05, 4.69) is 5.32 Å². The second-order valence-electron chi connectivity index (χ2n) is 6.02. The van der Waals surface area contributed by atoms with Crippen LogP contribution in [0.1, 0.15) is 20.8 Å². The summed E-state index contributed by atoms with van der Waals surface area (Å²) in [6, 6.07) is 0. The number of fused-ring (bicyclic) bond motifs is 1. The number of nitrogens with one attached hydrogen (secondary N) is 1. The van der Waals surface area contributed by atoms with Gasteiger partial charge < -0.3 is 29.7 Å². The van der Waals surface area contributed by atoms with Gasteiger partial charge in [0.1, 0.15) is 23.4 Å². The fourth-order valence-corrected chi connectivity index (χ4v) is 2.28. The minimum Gasteiger partial charge on any atom is -0.479 e. The molecule has 2 saturated heterocycles. The van der Waals surface area contributed by atoms with Crippen LogP contribution in [0, 0.1) is 0 Å². The fourth-order valence-electron chi connectivity index (χ4n) is 2.28. The first-order valence-electron chi connectivity index (χ1n) is 6.32. The number of rotatable bonds is 3. The van der Waals surface area contributed by atoms with Gasteiger partial charge in [-0.15, -0.1) is 0 Å². The van der Waals surface area contributed by atoms with Crippen LogP contribution in [0.5, 0.6) is 0 Å². The quantitative estimate of drug-likeness (QED) is 0.641. The van der Waals surface area contributed by atoms with Crippen molar-refractivity contribution >= 4 is 12.1 Å². The highest BCUT2D eigenvalue weighted by molar-refractivity contribution is 5.74. The average Bonchev–Trinajstić information content (AvgIpc) is 2.42. The second-order valence-corrected chi connectivity index (χ2v) is 6.02. The summed E-state index contributed by atoms with van der Waals surface area (Å²) in [5.41, 5.74) is -1.63. The fraction of sp³-hybridized carbons (Fsp3) is 0.833. The van der Waals surface area contributed by atoms with E-state index in [0.717, 1.165) is 0 Å². The highest BCUT2D eigenvalue weighted by atomic mass is 16.7. The molecule has 3 N–H and O–H groups in total. The Morgan fingerprint density at radius 3 is 2.55 bits per heavy atom. The van der Waals surface area contributed by atoms with Crippen LogP contribution in [0.25, 0.3) is 0 Å². The van der Waals surface area contributed by atoms with E-state index in [1.165, 1.54) is 0 Å². The molecule has 2 aliphatic rings. The molecule has 0 saturated carbocycles. The standard InChI is InChI=1S/C12H19NO7/c1-11(2,3)20-10(17)13-4-12-5-18-8(12)6(14)7(19-12)9(15)16/h6-8,14H,4-5H2,1-3H3,(H,13,17)(H,15,16)/t6-,7+,8-,12-/m0/s1. The Bertz CT molecular complexity index is 419. The molecule has 0 unspecified atom stereocenters. The zero-order valence-electron chi connectivity index (χ0n) is 11.6. The number of amides is 1. The van der Waals surface area contributed by atoms with Crippen LogP contribution >= 0.6 is 0 Å². The maximum atomic E-state index is 11.6.